The Morgan fingerprint density at radius 2 is 2.40 bits per heavy atom. The molecule has 9 heteroatoms. The second-order valence-electron chi connectivity index (χ2n) is 5.71. The first kappa shape index (κ1) is 17.7. The molecule has 134 valence electrons. The Labute approximate surface area is 150 Å². The van der Waals surface area contributed by atoms with Crippen molar-refractivity contribution in [2.24, 2.45) is 0 Å². The molecule has 3 rings (SSSR count). The van der Waals surface area contributed by atoms with Gasteiger partial charge in [0.15, 0.2) is 5.16 Å². The van der Waals surface area contributed by atoms with Crippen LogP contribution in [0.5, 0.6) is 0 Å². The summed E-state index contributed by atoms with van der Waals surface area (Å²) >= 11 is 1.53. The molecule has 1 aliphatic heterocycles. The highest BCUT2D eigenvalue weighted by Crippen LogP contribution is 2.15. The average Bonchev–Trinajstić information content (AvgIpc) is 3.18. The van der Waals surface area contributed by atoms with Crippen LogP contribution in [-0.2, 0) is 11.3 Å². The van der Waals surface area contributed by atoms with E-state index in [1.165, 1.54) is 18.1 Å². The topological polar surface area (TPSA) is 96.0 Å². The van der Waals surface area contributed by atoms with Crippen molar-refractivity contribution in [3.05, 3.63) is 36.4 Å². The lowest BCUT2D eigenvalue weighted by molar-refractivity contribution is -0.00159. The van der Waals surface area contributed by atoms with Crippen molar-refractivity contribution in [1.29, 1.82) is 0 Å². The van der Waals surface area contributed by atoms with Gasteiger partial charge in [0.05, 0.1) is 18.4 Å². The number of carbonyl (C=O) groups excluding carboxylic acids is 1. The summed E-state index contributed by atoms with van der Waals surface area (Å²) in [6, 6.07) is 5.74. The summed E-state index contributed by atoms with van der Waals surface area (Å²) in [6.07, 6.45) is 5.21. The van der Waals surface area contributed by atoms with Gasteiger partial charge in [0.2, 0.25) is 0 Å². The molecule has 25 heavy (non-hydrogen) atoms. The highest BCUT2D eigenvalue weighted by Gasteiger charge is 2.24. The van der Waals surface area contributed by atoms with Gasteiger partial charge >= 0.3 is 6.03 Å². The lowest BCUT2D eigenvalue weighted by atomic mass is 10.1. The maximum absolute atomic E-state index is 12.3. The number of thioether (sulfide) groups is 1. The zero-order valence-corrected chi connectivity index (χ0v) is 14.7. The van der Waals surface area contributed by atoms with Crippen molar-refractivity contribution >= 4 is 17.8 Å². The maximum Gasteiger partial charge on any atom is 0.317 e. The number of likely N-dealkylation sites (tertiary alicyclic amines) is 1. The zero-order chi connectivity index (χ0) is 17.3. The molecule has 2 amide bonds. The standard InChI is InChI=1S/C16H22N6O2S/c23-16(18-7-9-25-15-19-12-20-21-15)22-8-3-5-14(10-22)24-11-13-4-1-2-6-17-13/h1-2,4,6,12,14H,3,5,7-11H2,(H,18,23)(H,19,20,21). The molecule has 0 spiro atoms. The molecular weight excluding hydrogens is 340 g/mol. The van der Waals surface area contributed by atoms with Crippen LogP contribution >= 0.6 is 11.8 Å². The van der Waals surface area contributed by atoms with Gasteiger partial charge in [-0.05, 0) is 25.0 Å². The molecule has 2 N–H and O–H groups in total. The largest absolute Gasteiger partial charge is 0.370 e. The zero-order valence-electron chi connectivity index (χ0n) is 13.9. The third-order valence-electron chi connectivity index (χ3n) is 3.87. The minimum absolute atomic E-state index is 0.0377. The normalized spacial score (nSPS) is 17.4. The molecule has 0 bridgehead atoms. The summed E-state index contributed by atoms with van der Waals surface area (Å²) in [4.78, 5) is 22.4. The van der Waals surface area contributed by atoms with E-state index in [2.05, 4.69) is 25.5 Å². The van der Waals surface area contributed by atoms with Crippen LogP contribution in [0.4, 0.5) is 4.79 Å². The van der Waals surface area contributed by atoms with E-state index < -0.39 is 0 Å². The van der Waals surface area contributed by atoms with Crippen LogP contribution < -0.4 is 5.32 Å². The van der Waals surface area contributed by atoms with E-state index in [9.17, 15) is 4.79 Å². The monoisotopic (exact) mass is 362 g/mol. The molecule has 2 aromatic heterocycles. The fraction of sp³-hybridized carbons (Fsp3) is 0.500. The van der Waals surface area contributed by atoms with Crippen LogP contribution in [0.3, 0.4) is 0 Å². The van der Waals surface area contributed by atoms with E-state index in [-0.39, 0.29) is 12.1 Å². The first-order valence-corrected chi connectivity index (χ1v) is 9.32. The fourth-order valence-corrected chi connectivity index (χ4v) is 3.26. The molecule has 0 aromatic carbocycles. The van der Waals surface area contributed by atoms with Gasteiger partial charge in [-0.15, -0.1) is 0 Å². The molecule has 1 aliphatic rings. The second kappa shape index (κ2) is 9.38. The van der Waals surface area contributed by atoms with Crippen LogP contribution in [0.2, 0.25) is 0 Å². The van der Waals surface area contributed by atoms with Gasteiger partial charge in [-0.3, -0.25) is 10.1 Å². The summed E-state index contributed by atoms with van der Waals surface area (Å²) < 4.78 is 5.92. The predicted molar refractivity (Wildman–Crippen MR) is 94.1 cm³/mol. The SMILES string of the molecule is O=C(NCCSc1ncn[nH]1)N1CCCC(OCc2ccccn2)C1. The molecule has 3 heterocycles. The van der Waals surface area contributed by atoms with E-state index in [1.807, 2.05) is 23.1 Å². The molecule has 8 nitrogen and oxygen atoms in total. The summed E-state index contributed by atoms with van der Waals surface area (Å²) in [5.41, 5.74) is 0.911. The number of aromatic amines is 1. The van der Waals surface area contributed by atoms with Gasteiger partial charge in [0.25, 0.3) is 0 Å². The number of amides is 2. The Hall–Kier alpha value is -2.13. The van der Waals surface area contributed by atoms with Gasteiger partial charge in [0, 0.05) is 31.6 Å². The van der Waals surface area contributed by atoms with E-state index in [4.69, 9.17) is 4.74 Å². The Morgan fingerprint density at radius 3 is 3.20 bits per heavy atom. The number of nitrogens with zero attached hydrogens (tertiary/aromatic N) is 4. The van der Waals surface area contributed by atoms with Crippen molar-refractivity contribution in [2.75, 3.05) is 25.4 Å². The molecule has 0 saturated carbocycles. The first-order valence-electron chi connectivity index (χ1n) is 8.34. The van der Waals surface area contributed by atoms with E-state index in [0.717, 1.165) is 36.0 Å². The smallest absolute Gasteiger partial charge is 0.317 e. The van der Waals surface area contributed by atoms with Gasteiger partial charge < -0.3 is 15.0 Å². The molecule has 1 fully saturated rings. The Bertz CT molecular complexity index is 639. The number of H-pyrrole nitrogens is 1. The number of hydrogen-bond donors (Lipinski definition) is 2. The Morgan fingerprint density at radius 1 is 1.44 bits per heavy atom. The Kier molecular flexibility index (Phi) is 6.63. The number of hydrogen-bond acceptors (Lipinski definition) is 6. The maximum atomic E-state index is 12.3. The predicted octanol–water partition coefficient (Wildman–Crippen LogP) is 1.68. The van der Waals surface area contributed by atoms with E-state index in [1.54, 1.807) is 6.20 Å². The second-order valence-corrected chi connectivity index (χ2v) is 6.80. The first-order chi connectivity index (χ1) is 12.3. The van der Waals surface area contributed by atoms with Crippen molar-refractivity contribution in [3.8, 4) is 0 Å². The summed E-state index contributed by atoms with van der Waals surface area (Å²) in [7, 11) is 0. The molecular formula is C16H22N6O2S. The summed E-state index contributed by atoms with van der Waals surface area (Å²) in [5.74, 6) is 0.744. The highest BCUT2D eigenvalue weighted by molar-refractivity contribution is 7.99. The van der Waals surface area contributed by atoms with Gasteiger partial charge in [-0.25, -0.2) is 9.78 Å². The van der Waals surface area contributed by atoms with Crippen LogP contribution in [0.1, 0.15) is 18.5 Å². The van der Waals surface area contributed by atoms with Crippen molar-refractivity contribution in [3.63, 3.8) is 0 Å². The number of pyridine rings is 1. The van der Waals surface area contributed by atoms with Crippen molar-refractivity contribution in [2.45, 2.75) is 30.7 Å². The third-order valence-corrected chi connectivity index (χ3v) is 4.75. The number of aromatic nitrogens is 4. The van der Waals surface area contributed by atoms with Crippen LogP contribution in [0.25, 0.3) is 0 Å². The van der Waals surface area contributed by atoms with Gasteiger partial charge in [-0.1, -0.05) is 17.8 Å². The van der Waals surface area contributed by atoms with Crippen LogP contribution in [-0.4, -0.2) is 62.6 Å². The minimum Gasteiger partial charge on any atom is -0.370 e. The van der Waals surface area contributed by atoms with E-state index >= 15 is 0 Å². The van der Waals surface area contributed by atoms with Gasteiger partial charge in [-0.2, -0.15) is 5.10 Å². The lowest BCUT2D eigenvalue weighted by Crippen LogP contribution is -2.48. The molecule has 2 aromatic rings. The highest BCUT2D eigenvalue weighted by atomic mass is 32.2. The number of nitrogens with one attached hydrogen (secondary N) is 2. The molecule has 1 atom stereocenters. The summed E-state index contributed by atoms with van der Waals surface area (Å²) in [6.45, 7) is 2.45. The van der Waals surface area contributed by atoms with Crippen LogP contribution in [0.15, 0.2) is 35.9 Å². The molecule has 1 unspecified atom stereocenters. The van der Waals surface area contributed by atoms with Crippen LogP contribution in [0, 0.1) is 0 Å². The Balaban J connectivity index is 1.36. The molecule has 0 radical (unpaired) electrons. The lowest BCUT2D eigenvalue weighted by Gasteiger charge is -2.32. The summed E-state index contributed by atoms with van der Waals surface area (Å²) in [5, 5.41) is 10.3. The third kappa shape index (κ3) is 5.71. The molecule has 0 aliphatic carbocycles. The quantitative estimate of drug-likeness (QED) is 0.575. The number of piperidine rings is 1. The number of ether oxygens (including phenoxy) is 1. The van der Waals surface area contributed by atoms with E-state index in [0.29, 0.717) is 19.7 Å². The number of rotatable bonds is 7. The van der Waals surface area contributed by atoms with Gasteiger partial charge in [0.1, 0.15) is 6.33 Å². The van der Waals surface area contributed by atoms with Crippen molar-refractivity contribution in [1.82, 2.24) is 30.4 Å². The number of urea groups is 1. The minimum atomic E-state index is -0.0377. The number of carbonyl (C=O) groups is 1. The molecule has 1 saturated heterocycles. The van der Waals surface area contributed by atoms with Crippen molar-refractivity contribution < 1.29 is 9.53 Å². The average molecular weight is 362 g/mol. The fourth-order valence-electron chi connectivity index (χ4n) is 2.63.